The minimum Gasteiger partial charge on any atom is -0.496 e. The van der Waals surface area contributed by atoms with Crippen molar-refractivity contribution in [2.45, 2.75) is 19.9 Å². The molecule has 7 heteroatoms. The van der Waals surface area contributed by atoms with Gasteiger partial charge in [0.1, 0.15) is 27.5 Å². The highest BCUT2D eigenvalue weighted by molar-refractivity contribution is 7.22. The number of thiazole rings is 1. The Morgan fingerprint density at radius 3 is 2.21 bits per heavy atom. The van der Waals surface area contributed by atoms with Crippen molar-refractivity contribution < 1.29 is 19.0 Å². The summed E-state index contributed by atoms with van der Waals surface area (Å²) in [4.78, 5) is 20.1. The number of aromatic nitrogens is 1. The van der Waals surface area contributed by atoms with Crippen LogP contribution in [0.3, 0.4) is 0 Å². The maximum absolute atomic E-state index is 13.6. The Morgan fingerprint density at radius 2 is 1.55 bits per heavy atom. The highest BCUT2D eigenvalue weighted by Crippen LogP contribution is 2.40. The lowest BCUT2D eigenvalue weighted by atomic mass is 10.1. The quantitative estimate of drug-likeness (QED) is 0.351. The van der Waals surface area contributed by atoms with Crippen LogP contribution in [0.15, 0.2) is 60.7 Å². The van der Waals surface area contributed by atoms with Crippen LogP contribution in [0.2, 0.25) is 0 Å². The van der Waals surface area contributed by atoms with E-state index in [1.54, 1.807) is 26.2 Å². The van der Waals surface area contributed by atoms with E-state index in [0.29, 0.717) is 28.7 Å². The minimum absolute atomic E-state index is 0.0413. The Hall–Kier alpha value is -3.58. The van der Waals surface area contributed by atoms with Crippen molar-refractivity contribution in [2.75, 3.05) is 26.2 Å². The molecule has 4 aromatic rings. The normalized spacial score (nSPS) is 10.8. The van der Waals surface area contributed by atoms with Gasteiger partial charge in [-0.15, -0.1) is 0 Å². The van der Waals surface area contributed by atoms with Crippen LogP contribution in [0.5, 0.6) is 17.2 Å². The Labute approximate surface area is 197 Å². The van der Waals surface area contributed by atoms with Crippen LogP contribution in [0, 0.1) is 6.92 Å². The van der Waals surface area contributed by atoms with E-state index in [4.69, 9.17) is 19.2 Å². The molecular weight excluding hydrogens is 436 g/mol. The number of ether oxygens (including phenoxy) is 3. The molecule has 33 heavy (non-hydrogen) atoms. The molecule has 0 unspecified atom stereocenters. The van der Waals surface area contributed by atoms with Crippen LogP contribution >= 0.6 is 11.3 Å². The molecule has 3 aromatic carbocycles. The fraction of sp³-hybridized carbons (Fsp3) is 0.231. The van der Waals surface area contributed by atoms with E-state index in [0.717, 1.165) is 27.1 Å². The summed E-state index contributed by atoms with van der Waals surface area (Å²) >= 11 is 1.42. The van der Waals surface area contributed by atoms with Gasteiger partial charge in [0.05, 0.1) is 34.3 Å². The molecule has 170 valence electrons. The zero-order chi connectivity index (χ0) is 23.4. The largest absolute Gasteiger partial charge is 0.496 e. The van der Waals surface area contributed by atoms with Gasteiger partial charge in [-0.1, -0.05) is 53.8 Å². The predicted octanol–water partition coefficient (Wildman–Crippen LogP) is 5.41. The van der Waals surface area contributed by atoms with E-state index in [-0.39, 0.29) is 12.3 Å². The standard InChI is InChI=1S/C26H26N2O4S/c1-17-14-19(10-11-20(17)30-2)15-23(29)28(16-18-8-6-5-7-9-18)26-27-24-21(31-3)12-13-22(32-4)25(24)33-26/h5-14H,15-16H2,1-4H3. The summed E-state index contributed by atoms with van der Waals surface area (Å²) in [6, 6.07) is 19.4. The smallest absolute Gasteiger partial charge is 0.233 e. The number of carbonyl (C=O) groups is 1. The van der Waals surface area contributed by atoms with E-state index in [1.807, 2.05) is 67.6 Å². The molecule has 0 saturated carbocycles. The second kappa shape index (κ2) is 9.92. The summed E-state index contributed by atoms with van der Waals surface area (Å²) < 4.78 is 17.2. The summed E-state index contributed by atoms with van der Waals surface area (Å²) in [6.45, 7) is 2.39. The van der Waals surface area contributed by atoms with Crippen molar-refractivity contribution in [1.29, 1.82) is 0 Å². The summed E-state index contributed by atoms with van der Waals surface area (Å²) in [5.41, 5.74) is 3.62. The van der Waals surface area contributed by atoms with Crippen LogP contribution in [-0.4, -0.2) is 32.2 Å². The molecule has 0 spiro atoms. The highest BCUT2D eigenvalue weighted by atomic mass is 32.1. The van der Waals surface area contributed by atoms with Crippen molar-refractivity contribution in [3.05, 3.63) is 77.4 Å². The summed E-state index contributed by atoms with van der Waals surface area (Å²) in [5, 5.41) is 0.604. The number of methoxy groups -OCH3 is 3. The first kappa shape index (κ1) is 22.6. The molecule has 4 rings (SSSR count). The monoisotopic (exact) mass is 462 g/mol. The molecule has 1 amide bonds. The van der Waals surface area contributed by atoms with Gasteiger partial charge in [0, 0.05) is 0 Å². The molecule has 0 radical (unpaired) electrons. The van der Waals surface area contributed by atoms with Gasteiger partial charge >= 0.3 is 0 Å². The van der Waals surface area contributed by atoms with E-state index < -0.39 is 0 Å². The lowest BCUT2D eigenvalue weighted by molar-refractivity contribution is -0.118. The number of benzene rings is 3. The fourth-order valence-corrected chi connectivity index (χ4v) is 4.83. The van der Waals surface area contributed by atoms with Gasteiger partial charge in [0.15, 0.2) is 5.13 Å². The summed E-state index contributed by atoms with van der Waals surface area (Å²) in [6.07, 6.45) is 0.252. The molecule has 1 heterocycles. The lowest BCUT2D eigenvalue weighted by Gasteiger charge is -2.20. The first-order valence-corrected chi connectivity index (χ1v) is 11.3. The zero-order valence-electron chi connectivity index (χ0n) is 19.1. The maximum Gasteiger partial charge on any atom is 0.233 e. The number of hydrogen-bond donors (Lipinski definition) is 0. The second-order valence-electron chi connectivity index (χ2n) is 7.59. The first-order valence-electron chi connectivity index (χ1n) is 10.5. The van der Waals surface area contributed by atoms with E-state index in [1.165, 1.54) is 11.3 Å². The topological polar surface area (TPSA) is 60.9 Å². The van der Waals surface area contributed by atoms with E-state index in [9.17, 15) is 4.79 Å². The molecule has 0 aliphatic rings. The second-order valence-corrected chi connectivity index (χ2v) is 8.57. The van der Waals surface area contributed by atoms with Crippen LogP contribution < -0.4 is 19.1 Å². The molecule has 0 aliphatic heterocycles. The van der Waals surface area contributed by atoms with Gasteiger partial charge in [0.2, 0.25) is 5.91 Å². The SMILES string of the molecule is COc1ccc(CC(=O)N(Cc2ccccc2)c2nc3c(OC)ccc(OC)c3s2)cc1C. The third kappa shape index (κ3) is 4.78. The Morgan fingerprint density at radius 1 is 0.879 bits per heavy atom. The van der Waals surface area contributed by atoms with Crippen molar-refractivity contribution in [1.82, 2.24) is 4.98 Å². The highest BCUT2D eigenvalue weighted by Gasteiger charge is 2.23. The summed E-state index contributed by atoms with van der Waals surface area (Å²) in [5.74, 6) is 2.11. The number of hydrogen-bond acceptors (Lipinski definition) is 6. The number of amides is 1. The minimum atomic E-state index is -0.0413. The van der Waals surface area contributed by atoms with Gasteiger partial charge < -0.3 is 14.2 Å². The van der Waals surface area contributed by atoms with E-state index >= 15 is 0 Å². The van der Waals surface area contributed by atoms with Crippen molar-refractivity contribution in [3.8, 4) is 17.2 Å². The fourth-order valence-electron chi connectivity index (χ4n) is 3.74. The molecule has 1 aromatic heterocycles. The van der Waals surface area contributed by atoms with Crippen LogP contribution in [-0.2, 0) is 17.8 Å². The van der Waals surface area contributed by atoms with Gasteiger partial charge in [-0.3, -0.25) is 9.69 Å². The number of aryl methyl sites for hydroxylation is 1. The summed E-state index contributed by atoms with van der Waals surface area (Å²) in [7, 11) is 4.88. The lowest BCUT2D eigenvalue weighted by Crippen LogP contribution is -2.31. The zero-order valence-corrected chi connectivity index (χ0v) is 19.9. The average Bonchev–Trinajstić information content (AvgIpc) is 3.28. The number of nitrogens with zero attached hydrogens (tertiary/aromatic N) is 2. The van der Waals surface area contributed by atoms with Crippen molar-refractivity contribution in [2.24, 2.45) is 0 Å². The third-order valence-corrected chi connectivity index (χ3v) is 6.52. The van der Waals surface area contributed by atoms with Gasteiger partial charge in [-0.25, -0.2) is 4.98 Å². The third-order valence-electron chi connectivity index (χ3n) is 5.43. The van der Waals surface area contributed by atoms with Gasteiger partial charge in [0.25, 0.3) is 0 Å². The van der Waals surface area contributed by atoms with Crippen molar-refractivity contribution in [3.63, 3.8) is 0 Å². The molecule has 6 nitrogen and oxygen atoms in total. The molecule has 0 aliphatic carbocycles. The number of rotatable bonds is 8. The van der Waals surface area contributed by atoms with Crippen LogP contribution in [0.4, 0.5) is 5.13 Å². The van der Waals surface area contributed by atoms with Gasteiger partial charge in [-0.05, 0) is 41.8 Å². The molecule has 0 fully saturated rings. The Bertz CT molecular complexity index is 1230. The van der Waals surface area contributed by atoms with Crippen molar-refractivity contribution >= 4 is 32.6 Å². The average molecular weight is 463 g/mol. The Kier molecular flexibility index (Phi) is 6.79. The molecule has 0 atom stereocenters. The number of carbonyl (C=O) groups excluding carboxylic acids is 1. The molecule has 0 bridgehead atoms. The van der Waals surface area contributed by atoms with Crippen LogP contribution in [0.1, 0.15) is 16.7 Å². The molecule has 0 saturated heterocycles. The Balaban J connectivity index is 1.73. The number of anilines is 1. The number of fused-ring (bicyclic) bond motifs is 1. The molecule has 0 N–H and O–H groups in total. The van der Waals surface area contributed by atoms with Gasteiger partial charge in [-0.2, -0.15) is 0 Å². The predicted molar refractivity (Wildman–Crippen MR) is 132 cm³/mol. The van der Waals surface area contributed by atoms with E-state index in [2.05, 4.69) is 0 Å². The maximum atomic E-state index is 13.6. The van der Waals surface area contributed by atoms with Crippen LogP contribution in [0.25, 0.3) is 10.2 Å². The first-order chi connectivity index (χ1) is 16.0. The molecular formula is C26H26N2O4S.